The van der Waals surface area contributed by atoms with Gasteiger partial charge in [0.2, 0.25) is 0 Å². The molecule has 0 amide bonds. The molecule has 1 aromatic heterocycles. The highest BCUT2D eigenvalue weighted by Gasteiger charge is 2.32. The summed E-state index contributed by atoms with van der Waals surface area (Å²) >= 11 is 0. The summed E-state index contributed by atoms with van der Waals surface area (Å²) in [6.07, 6.45) is 2.53. The Bertz CT molecular complexity index is 472. The van der Waals surface area contributed by atoms with E-state index in [-0.39, 0.29) is 25.2 Å². The second-order valence-electron chi connectivity index (χ2n) is 3.92. The molecule has 0 bridgehead atoms. The summed E-state index contributed by atoms with van der Waals surface area (Å²) in [6, 6.07) is 3.12. The topological polar surface area (TPSA) is 82.6 Å². The number of ether oxygens (including phenoxy) is 2. The summed E-state index contributed by atoms with van der Waals surface area (Å²) in [4.78, 5) is 39.4. The van der Waals surface area contributed by atoms with Crippen LogP contribution in [0, 0.1) is 5.92 Å². The number of nitrogens with zero attached hydrogens (tertiary/aromatic N) is 1. The minimum Gasteiger partial charge on any atom is -0.466 e. The fourth-order valence-corrected chi connectivity index (χ4v) is 1.62. The van der Waals surface area contributed by atoms with Gasteiger partial charge in [-0.2, -0.15) is 0 Å². The van der Waals surface area contributed by atoms with Gasteiger partial charge in [-0.1, -0.05) is 0 Å². The molecule has 0 saturated carbocycles. The van der Waals surface area contributed by atoms with Gasteiger partial charge >= 0.3 is 11.9 Å². The molecule has 0 spiro atoms. The molecular weight excluding hydrogens is 262 g/mol. The Balaban J connectivity index is 2.89. The van der Waals surface area contributed by atoms with Gasteiger partial charge in [0.15, 0.2) is 5.78 Å². The van der Waals surface area contributed by atoms with Crippen molar-refractivity contribution in [2.75, 3.05) is 13.2 Å². The average Bonchev–Trinajstić information content (AvgIpc) is 2.45. The predicted molar refractivity (Wildman–Crippen MR) is 69.9 cm³/mol. The number of aromatic nitrogens is 1. The summed E-state index contributed by atoms with van der Waals surface area (Å²) in [7, 11) is 0. The second-order valence-corrected chi connectivity index (χ2v) is 3.92. The van der Waals surface area contributed by atoms with Crippen molar-refractivity contribution in [2.45, 2.75) is 20.3 Å². The molecule has 1 aromatic rings. The van der Waals surface area contributed by atoms with E-state index in [2.05, 4.69) is 4.98 Å². The van der Waals surface area contributed by atoms with Crippen LogP contribution in [0.15, 0.2) is 24.5 Å². The Labute approximate surface area is 117 Å². The molecular formula is C14H17NO5. The molecule has 0 saturated heterocycles. The van der Waals surface area contributed by atoms with Crippen molar-refractivity contribution in [3.05, 3.63) is 30.1 Å². The summed E-state index contributed by atoms with van der Waals surface area (Å²) < 4.78 is 9.61. The van der Waals surface area contributed by atoms with Crippen LogP contribution in [0.1, 0.15) is 30.6 Å². The largest absolute Gasteiger partial charge is 0.466 e. The molecule has 20 heavy (non-hydrogen) atoms. The zero-order chi connectivity index (χ0) is 15.0. The van der Waals surface area contributed by atoms with E-state index in [1.807, 2.05) is 0 Å². The van der Waals surface area contributed by atoms with Crippen molar-refractivity contribution in [2.24, 2.45) is 5.92 Å². The van der Waals surface area contributed by atoms with E-state index in [9.17, 15) is 14.4 Å². The maximum atomic E-state index is 12.3. The van der Waals surface area contributed by atoms with E-state index in [0.717, 1.165) is 0 Å². The lowest BCUT2D eigenvalue weighted by atomic mass is 9.95. The predicted octanol–water partition coefficient (Wildman–Crippen LogP) is 1.40. The number of esters is 2. The van der Waals surface area contributed by atoms with Crippen molar-refractivity contribution in [3.63, 3.8) is 0 Å². The van der Waals surface area contributed by atoms with Crippen LogP contribution in [0.3, 0.4) is 0 Å². The van der Waals surface area contributed by atoms with E-state index in [0.29, 0.717) is 0 Å². The van der Waals surface area contributed by atoms with Crippen molar-refractivity contribution in [3.8, 4) is 0 Å². The molecule has 1 atom stereocenters. The first kappa shape index (κ1) is 15.8. The maximum Gasteiger partial charge on any atom is 0.317 e. The Morgan fingerprint density at radius 1 is 1.20 bits per heavy atom. The van der Waals surface area contributed by atoms with E-state index in [4.69, 9.17) is 9.47 Å². The fourth-order valence-electron chi connectivity index (χ4n) is 1.62. The first-order valence-corrected chi connectivity index (χ1v) is 6.36. The Hall–Kier alpha value is -2.24. The smallest absolute Gasteiger partial charge is 0.317 e. The van der Waals surface area contributed by atoms with E-state index >= 15 is 0 Å². The summed E-state index contributed by atoms with van der Waals surface area (Å²) in [5, 5.41) is 0. The Morgan fingerprint density at radius 3 is 2.45 bits per heavy atom. The molecule has 6 heteroatoms. The van der Waals surface area contributed by atoms with Crippen molar-refractivity contribution < 1.29 is 23.9 Å². The third kappa shape index (κ3) is 4.46. The third-order valence-corrected chi connectivity index (χ3v) is 2.51. The second kappa shape index (κ2) is 8.04. The number of hydrogen-bond acceptors (Lipinski definition) is 6. The van der Waals surface area contributed by atoms with Crippen LogP contribution in [-0.4, -0.2) is 35.9 Å². The van der Waals surface area contributed by atoms with Crippen molar-refractivity contribution in [1.82, 2.24) is 4.98 Å². The van der Waals surface area contributed by atoms with Crippen molar-refractivity contribution in [1.29, 1.82) is 0 Å². The minimum absolute atomic E-state index is 0.137. The van der Waals surface area contributed by atoms with Gasteiger partial charge in [0.1, 0.15) is 5.92 Å². The summed E-state index contributed by atoms with van der Waals surface area (Å²) in [6.45, 7) is 3.61. The van der Waals surface area contributed by atoms with Crippen LogP contribution >= 0.6 is 0 Å². The zero-order valence-corrected chi connectivity index (χ0v) is 11.5. The Kier molecular flexibility index (Phi) is 6.36. The molecule has 0 aliphatic heterocycles. The van der Waals surface area contributed by atoms with Gasteiger partial charge in [0, 0.05) is 18.0 Å². The van der Waals surface area contributed by atoms with Crippen LogP contribution in [0.4, 0.5) is 0 Å². The normalized spacial score (nSPS) is 11.5. The molecule has 0 radical (unpaired) electrons. The highest BCUT2D eigenvalue weighted by Crippen LogP contribution is 2.15. The van der Waals surface area contributed by atoms with Crippen LogP contribution < -0.4 is 0 Å². The van der Waals surface area contributed by atoms with Gasteiger partial charge in [-0.05, 0) is 26.0 Å². The maximum absolute atomic E-state index is 12.3. The quantitative estimate of drug-likeness (QED) is 0.426. The van der Waals surface area contributed by atoms with Crippen LogP contribution in [-0.2, 0) is 19.1 Å². The third-order valence-electron chi connectivity index (χ3n) is 2.51. The summed E-state index contributed by atoms with van der Waals surface area (Å²) in [5.74, 6) is -3.03. The van der Waals surface area contributed by atoms with Gasteiger partial charge in [-0.25, -0.2) is 0 Å². The molecule has 1 heterocycles. The number of Topliss-reactive ketones (excluding diaryl/α,β-unsaturated/α-hetero) is 1. The number of ketones is 1. The van der Waals surface area contributed by atoms with Gasteiger partial charge in [-0.15, -0.1) is 0 Å². The fraction of sp³-hybridized carbons (Fsp3) is 0.429. The first-order chi connectivity index (χ1) is 9.60. The highest BCUT2D eigenvalue weighted by molar-refractivity contribution is 6.10. The molecule has 1 rings (SSSR count). The molecule has 108 valence electrons. The molecule has 0 aliphatic carbocycles. The average molecular weight is 279 g/mol. The SMILES string of the molecule is CCOC(=O)C[C@@H](C(=O)OCC)C(=O)c1cccnc1. The zero-order valence-electron chi connectivity index (χ0n) is 11.5. The number of pyridine rings is 1. The molecule has 0 aromatic carbocycles. The van der Waals surface area contributed by atoms with Crippen LogP contribution in [0.25, 0.3) is 0 Å². The number of rotatable bonds is 7. The lowest BCUT2D eigenvalue weighted by Crippen LogP contribution is -2.29. The van der Waals surface area contributed by atoms with Crippen LogP contribution in [0.5, 0.6) is 0 Å². The lowest BCUT2D eigenvalue weighted by Gasteiger charge is -2.13. The number of hydrogen-bond donors (Lipinski definition) is 0. The number of carbonyl (C=O) groups excluding carboxylic acids is 3. The lowest BCUT2D eigenvalue weighted by molar-refractivity contribution is -0.152. The highest BCUT2D eigenvalue weighted by atomic mass is 16.5. The van der Waals surface area contributed by atoms with E-state index < -0.39 is 23.6 Å². The standard InChI is InChI=1S/C14H17NO5/c1-3-19-12(16)8-11(14(18)20-4-2)13(17)10-6-5-7-15-9-10/h5-7,9,11H,3-4,8H2,1-2H3/t11-/m1/s1. The monoisotopic (exact) mass is 279 g/mol. The van der Waals surface area contributed by atoms with Gasteiger partial charge in [-0.3, -0.25) is 19.4 Å². The van der Waals surface area contributed by atoms with Crippen molar-refractivity contribution >= 4 is 17.7 Å². The molecule has 6 nitrogen and oxygen atoms in total. The van der Waals surface area contributed by atoms with E-state index in [1.165, 1.54) is 18.5 Å². The minimum atomic E-state index is -1.20. The van der Waals surface area contributed by atoms with Gasteiger partial charge < -0.3 is 9.47 Å². The van der Waals surface area contributed by atoms with Gasteiger partial charge in [0.05, 0.1) is 19.6 Å². The molecule has 0 unspecified atom stereocenters. The van der Waals surface area contributed by atoms with E-state index in [1.54, 1.807) is 19.9 Å². The molecule has 0 fully saturated rings. The molecule has 0 N–H and O–H groups in total. The number of carbonyl (C=O) groups is 3. The summed E-state index contributed by atoms with van der Waals surface area (Å²) in [5.41, 5.74) is 0.259. The van der Waals surface area contributed by atoms with Gasteiger partial charge in [0.25, 0.3) is 0 Å². The van der Waals surface area contributed by atoms with Crippen LogP contribution in [0.2, 0.25) is 0 Å². The Morgan fingerprint density at radius 2 is 1.90 bits per heavy atom. The molecule has 0 aliphatic rings. The first-order valence-electron chi connectivity index (χ1n) is 6.36.